The average molecular weight is 268 g/mol. The number of aryl methyl sites for hydroxylation is 1. The van der Waals surface area contributed by atoms with E-state index in [4.69, 9.17) is 0 Å². The number of rotatable bonds is 3. The molecule has 1 aromatic carbocycles. The summed E-state index contributed by atoms with van der Waals surface area (Å²) in [4.78, 5) is 16.3. The molecule has 3 aromatic rings. The standard InChI is InChI=1S/C15H16N4O/c1-3-13(20)17-14-11-9-10-7-5-6-8-12(10)16-15(11)19(4-2)18-14/h5-9H,3-4H2,1-2H3,(H,17,18,20). The summed E-state index contributed by atoms with van der Waals surface area (Å²) < 4.78 is 1.81. The monoisotopic (exact) mass is 268 g/mol. The molecule has 5 nitrogen and oxygen atoms in total. The zero-order valence-electron chi connectivity index (χ0n) is 11.6. The highest BCUT2D eigenvalue weighted by Gasteiger charge is 2.13. The van der Waals surface area contributed by atoms with Gasteiger partial charge in [-0.05, 0) is 19.1 Å². The van der Waals surface area contributed by atoms with Gasteiger partial charge in [-0.25, -0.2) is 9.67 Å². The van der Waals surface area contributed by atoms with E-state index in [0.29, 0.717) is 18.8 Å². The molecular weight excluding hydrogens is 252 g/mol. The lowest BCUT2D eigenvalue weighted by atomic mass is 10.2. The predicted molar refractivity (Wildman–Crippen MR) is 79.6 cm³/mol. The van der Waals surface area contributed by atoms with Crippen LogP contribution in [-0.4, -0.2) is 20.7 Å². The van der Waals surface area contributed by atoms with Crippen LogP contribution in [0, 0.1) is 0 Å². The first-order chi connectivity index (χ1) is 9.72. The normalized spacial score (nSPS) is 11.1. The van der Waals surface area contributed by atoms with Crippen LogP contribution in [0.5, 0.6) is 0 Å². The molecule has 0 spiro atoms. The largest absolute Gasteiger partial charge is 0.309 e. The van der Waals surface area contributed by atoms with E-state index < -0.39 is 0 Å². The summed E-state index contributed by atoms with van der Waals surface area (Å²) in [6, 6.07) is 9.96. The number of anilines is 1. The first-order valence-corrected chi connectivity index (χ1v) is 6.79. The number of hydrogen-bond acceptors (Lipinski definition) is 3. The number of pyridine rings is 1. The number of carbonyl (C=O) groups is 1. The highest BCUT2D eigenvalue weighted by molar-refractivity contribution is 6.02. The van der Waals surface area contributed by atoms with Gasteiger partial charge in [0.15, 0.2) is 11.5 Å². The minimum Gasteiger partial charge on any atom is -0.309 e. The number of para-hydroxylation sites is 1. The molecule has 0 aliphatic rings. The average Bonchev–Trinajstić information content (AvgIpc) is 2.82. The number of fused-ring (bicyclic) bond motifs is 2. The fourth-order valence-electron chi connectivity index (χ4n) is 2.23. The summed E-state index contributed by atoms with van der Waals surface area (Å²) in [5.74, 6) is 0.549. The van der Waals surface area contributed by atoms with E-state index in [1.54, 1.807) is 0 Å². The first kappa shape index (κ1) is 12.6. The van der Waals surface area contributed by atoms with Crippen molar-refractivity contribution in [3.05, 3.63) is 30.3 Å². The smallest absolute Gasteiger partial charge is 0.225 e. The van der Waals surface area contributed by atoms with E-state index in [-0.39, 0.29) is 5.91 Å². The van der Waals surface area contributed by atoms with Gasteiger partial charge in [-0.3, -0.25) is 4.79 Å². The molecule has 0 saturated heterocycles. The Kier molecular flexibility index (Phi) is 3.10. The van der Waals surface area contributed by atoms with E-state index in [0.717, 1.165) is 21.9 Å². The topological polar surface area (TPSA) is 59.8 Å². The van der Waals surface area contributed by atoms with Crippen LogP contribution in [-0.2, 0) is 11.3 Å². The Hall–Kier alpha value is -2.43. The van der Waals surface area contributed by atoms with E-state index in [9.17, 15) is 4.79 Å². The second kappa shape index (κ2) is 4.92. The Labute approximate surface area is 116 Å². The summed E-state index contributed by atoms with van der Waals surface area (Å²) >= 11 is 0. The molecule has 0 aliphatic heterocycles. The number of aromatic nitrogens is 3. The Bertz CT molecular complexity index is 791. The quantitative estimate of drug-likeness (QED) is 0.794. The molecule has 2 heterocycles. The number of amides is 1. The van der Waals surface area contributed by atoms with Gasteiger partial charge >= 0.3 is 0 Å². The third-order valence-electron chi connectivity index (χ3n) is 3.30. The van der Waals surface area contributed by atoms with Crippen LogP contribution in [0.2, 0.25) is 0 Å². The summed E-state index contributed by atoms with van der Waals surface area (Å²) in [6.45, 7) is 4.54. The van der Waals surface area contributed by atoms with Crippen molar-refractivity contribution < 1.29 is 4.79 Å². The molecule has 0 saturated carbocycles. The van der Waals surface area contributed by atoms with Crippen LogP contribution in [0.25, 0.3) is 21.9 Å². The van der Waals surface area contributed by atoms with Gasteiger partial charge in [0.05, 0.1) is 10.9 Å². The van der Waals surface area contributed by atoms with E-state index in [2.05, 4.69) is 15.4 Å². The van der Waals surface area contributed by atoms with Crippen molar-refractivity contribution in [1.82, 2.24) is 14.8 Å². The Morgan fingerprint density at radius 3 is 2.85 bits per heavy atom. The van der Waals surface area contributed by atoms with Gasteiger partial charge in [0.25, 0.3) is 0 Å². The summed E-state index contributed by atoms with van der Waals surface area (Å²) in [5, 5.41) is 9.21. The van der Waals surface area contributed by atoms with E-state index in [1.165, 1.54) is 0 Å². The van der Waals surface area contributed by atoms with Gasteiger partial charge in [0.2, 0.25) is 5.91 Å². The van der Waals surface area contributed by atoms with Gasteiger partial charge in [-0.15, -0.1) is 0 Å². The molecule has 5 heteroatoms. The maximum Gasteiger partial charge on any atom is 0.225 e. The lowest BCUT2D eigenvalue weighted by molar-refractivity contribution is -0.115. The molecule has 0 radical (unpaired) electrons. The third kappa shape index (κ3) is 2.01. The van der Waals surface area contributed by atoms with E-state index >= 15 is 0 Å². The van der Waals surface area contributed by atoms with Crippen LogP contribution >= 0.6 is 0 Å². The SMILES string of the molecule is CCC(=O)Nc1nn(CC)c2nc3ccccc3cc12. The lowest BCUT2D eigenvalue weighted by Crippen LogP contribution is -2.10. The number of hydrogen-bond donors (Lipinski definition) is 1. The predicted octanol–water partition coefficient (Wildman–Crippen LogP) is 2.95. The van der Waals surface area contributed by atoms with Crippen LogP contribution in [0.4, 0.5) is 5.82 Å². The van der Waals surface area contributed by atoms with Crippen molar-refractivity contribution in [2.75, 3.05) is 5.32 Å². The molecule has 0 fully saturated rings. The minimum atomic E-state index is -0.0409. The van der Waals surface area contributed by atoms with Crippen LogP contribution in [0.3, 0.4) is 0 Å². The van der Waals surface area contributed by atoms with Crippen molar-refractivity contribution in [2.45, 2.75) is 26.8 Å². The second-order valence-electron chi connectivity index (χ2n) is 4.62. The zero-order valence-corrected chi connectivity index (χ0v) is 11.6. The maximum atomic E-state index is 11.6. The Morgan fingerprint density at radius 2 is 2.10 bits per heavy atom. The van der Waals surface area contributed by atoms with Crippen molar-refractivity contribution in [3.8, 4) is 0 Å². The first-order valence-electron chi connectivity index (χ1n) is 6.79. The molecular formula is C15H16N4O. The highest BCUT2D eigenvalue weighted by atomic mass is 16.1. The van der Waals surface area contributed by atoms with Gasteiger partial charge < -0.3 is 5.32 Å². The van der Waals surface area contributed by atoms with Crippen molar-refractivity contribution >= 4 is 33.7 Å². The van der Waals surface area contributed by atoms with Gasteiger partial charge in [0.1, 0.15) is 0 Å². The molecule has 1 amide bonds. The summed E-state index contributed by atoms with van der Waals surface area (Å²) in [5.41, 5.74) is 1.74. The molecule has 2 aromatic heterocycles. The molecule has 0 unspecified atom stereocenters. The third-order valence-corrected chi connectivity index (χ3v) is 3.30. The van der Waals surface area contributed by atoms with Crippen LogP contribution in [0.15, 0.2) is 30.3 Å². The number of nitrogens with one attached hydrogen (secondary N) is 1. The molecule has 0 aliphatic carbocycles. The zero-order chi connectivity index (χ0) is 14.1. The van der Waals surface area contributed by atoms with Crippen molar-refractivity contribution in [1.29, 1.82) is 0 Å². The van der Waals surface area contributed by atoms with Crippen molar-refractivity contribution in [3.63, 3.8) is 0 Å². The summed E-state index contributed by atoms with van der Waals surface area (Å²) in [7, 11) is 0. The summed E-state index contributed by atoms with van der Waals surface area (Å²) in [6.07, 6.45) is 0.432. The van der Waals surface area contributed by atoms with Crippen molar-refractivity contribution in [2.24, 2.45) is 0 Å². The van der Waals surface area contributed by atoms with E-state index in [1.807, 2.05) is 48.9 Å². The fourth-order valence-corrected chi connectivity index (χ4v) is 2.23. The molecule has 3 rings (SSSR count). The highest BCUT2D eigenvalue weighted by Crippen LogP contribution is 2.25. The molecule has 20 heavy (non-hydrogen) atoms. The molecule has 0 bridgehead atoms. The maximum absolute atomic E-state index is 11.6. The minimum absolute atomic E-state index is 0.0409. The fraction of sp³-hybridized carbons (Fsp3) is 0.267. The molecule has 0 atom stereocenters. The second-order valence-corrected chi connectivity index (χ2v) is 4.62. The number of carbonyl (C=O) groups excluding carboxylic acids is 1. The molecule has 102 valence electrons. The number of benzene rings is 1. The van der Waals surface area contributed by atoms with Crippen LogP contribution in [0.1, 0.15) is 20.3 Å². The Balaban J connectivity index is 2.25. The molecule has 1 N–H and O–H groups in total. The lowest BCUT2D eigenvalue weighted by Gasteiger charge is -2.00. The van der Waals surface area contributed by atoms with Crippen LogP contribution < -0.4 is 5.32 Å². The number of nitrogens with zero attached hydrogens (tertiary/aromatic N) is 3. The van der Waals surface area contributed by atoms with Gasteiger partial charge in [-0.2, -0.15) is 5.10 Å². The van der Waals surface area contributed by atoms with Gasteiger partial charge in [-0.1, -0.05) is 25.1 Å². The van der Waals surface area contributed by atoms with Gasteiger partial charge in [0, 0.05) is 18.4 Å². The Morgan fingerprint density at radius 1 is 1.30 bits per heavy atom.